The lowest BCUT2D eigenvalue weighted by molar-refractivity contribution is -0.147. The fourth-order valence-corrected chi connectivity index (χ4v) is 2.23. The molecule has 1 unspecified atom stereocenters. The molecule has 1 amide bonds. The van der Waals surface area contributed by atoms with E-state index in [1.165, 1.54) is 48.6 Å². The van der Waals surface area contributed by atoms with Crippen LogP contribution in [-0.2, 0) is 19.1 Å². The maximum atomic E-state index is 11.9. The largest absolute Gasteiger partial charge is 0.504 e. The van der Waals surface area contributed by atoms with Gasteiger partial charge in [-0.2, -0.15) is 0 Å². The van der Waals surface area contributed by atoms with Gasteiger partial charge in [0.2, 0.25) is 5.91 Å². The fourth-order valence-electron chi connectivity index (χ4n) is 2.23. The molecule has 10 nitrogen and oxygen atoms in total. The summed E-state index contributed by atoms with van der Waals surface area (Å²) in [5.41, 5.74) is 0.773. The van der Waals surface area contributed by atoms with E-state index in [1.54, 1.807) is 0 Å². The van der Waals surface area contributed by atoms with Gasteiger partial charge < -0.3 is 35.6 Å². The van der Waals surface area contributed by atoms with Gasteiger partial charge in [-0.25, -0.2) is 9.59 Å². The summed E-state index contributed by atoms with van der Waals surface area (Å²) in [7, 11) is 0. The van der Waals surface area contributed by atoms with E-state index in [0.29, 0.717) is 11.1 Å². The van der Waals surface area contributed by atoms with Crippen LogP contribution in [0.3, 0.4) is 0 Å². The molecule has 1 atom stereocenters. The van der Waals surface area contributed by atoms with Gasteiger partial charge in [0.15, 0.2) is 29.0 Å². The number of hydrogen-bond acceptors (Lipinski definition) is 8. The van der Waals surface area contributed by atoms with Crippen LogP contribution in [0.4, 0.5) is 0 Å². The predicted octanol–water partition coefficient (Wildman–Crippen LogP) is 1.35. The van der Waals surface area contributed by atoms with Crippen molar-refractivity contribution in [3.05, 3.63) is 59.7 Å². The predicted molar refractivity (Wildman–Crippen MR) is 108 cm³/mol. The van der Waals surface area contributed by atoms with E-state index < -0.39 is 30.5 Å². The van der Waals surface area contributed by atoms with Crippen molar-refractivity contribution in [2.45, 2.75) is 6.04 Å². The number of amides is 1. The Balaban J connectivity index is 1.90. The van der Waals surface area contributed by atoms with E-state index in [9.17, 15) is 39.9 Å². The second-order valence-electron chi connectivity index (χ2n) is 6.19. The maximum Gasteiger partial charge on any atom is 0.330 e. The number of benzene rings is 2. The van der Waals surface area contributed by atoms with Crippen LogP contribution in [0.2, 0.25) is 0 Å². The first-order valence-electron chi connectivity index (χ1n) is 8.76. The lowest BCUT2D eigenvalue weighted by Gasteiger charge is -2.12. The van der Waals surface area contributed by atoms with E-state index in [2.05, 4.69) is 5.32 Å². The Labute approximate surface area is 176 Å². The second kappa shape index (κ2) is 10.3. The number of carbonyl (C=O) groups is 3. The lowest BCUT2D eigenvalue weighted by Crippen LogP contribution is -2.43. The summed E-state index contributed by atoms with van der Waals surface area (Å²) in [5, 5.41) is 48.6. The molecular weight excluding hydrogens is 410 g/mol. The van der Waals surface area contributed by atoms with E-state index >= 15 is 0 Å². The first-order valence-corrected chi connectivity index (χ1v) is 8.76. The zero-order chi connectivity index (χ0) is 23.0. The van der Waals surface area contributed by atoms with Gasteiger partial charge in [-0.3, -0.25) is 4.79 Å². The normalized spacial score (nSPS) is 12.0. The SMILES string of the molecule is O=C(/C=C/c1ccc(O)c(O)c1)NC(COC(=O)/C=C/c1ccc(O)c(O)c1)C(=O)O. The number of hydrogen-bond donors (Lipinski definition) is 6. The average Bonchev–Trinajstić information content (AvgIpc) is 2.72. The van der Waals surface area contributed by atoms with E-state index in [-0.39, 0.29) is 23.0 Å². The highest BCUT2D eigenvalue weighted by Crippen LogP contribution is 2.26. The van der Waals surface area contributed by atoms with Crippen molar-refractivity contribution in [1.82, 2.24) is 5.32 Å². The average molecular weight is 429 g/mol. The molecule has 0 aliphatic rings. The third-order valence-electron chi connectivity index (χ3n) is 3.84. The Bertz CT molecular complexity index is 1040. The summed E-state index contributed by atoms with van der Waals surface area (Å²) in [4.78, 5) is 35.0. The van der Waals surface area contributed by atoms with E-state index in [0.717, 1.165) is 12.2 Å². The highest BCUT2D eigenvalue weighted by atomic mass is 16.5. The standard InChI is InChI=1S/C21H19NO9/c23-15-5-1-12(9-17(15)25)3-7-19(27)22-14(21(29)30)11-31-20(28)8-4-13-2-6-16(24)18(26)10-13/h1-10,14,23-26H,11H2,(H,22,27)(H,29,30)/b7-3+,8-4+. The maximum absolute atomic E-state index is 11.9. The van der Waals surface area contributed by atoms with Crippen LogP contribution in [0.25, 0.3) is 12.2 Å². The molecule has 162 valence electrons. The second-order valence-corrected chi connectivity index (χ2v) is 6.19. The number of aliphatic carboxylic acids is 1. The molecule has 6 N–H and O–H groups in total. The molecule has 0 saturated carbocycles. The van der Waals surface area contributed by atoms with Crippen LogP contribution < -0.4 is 5.32 Å². The Morgan fingerprint density at radius 2 is 1.35 bits per heavy atom. The summed E-state index contributed by atoms with van der Waals surface area (Å²) in [6.07, 6.45) is 4.57. The molecule has 0 spiro atoms. The van der Waals surface area contributed by atoms with Gasteiger partial charge in [0.1, 0.15) is 6.61 Å². The van der Waals surface area contributed by atoms with Crippen molar-refractivity contribution in [3.8, 4) is 23.0 Å². The highest BCUT2D eigenvalue weighted by molar-refractivity contribution is 5.94. The van der Waals surface area contributed by atoms with Gasteiger partial charge in [-0.05, 0) is 47.5 Å². The molecule has 10 heteroatoms. The minimum atomic E-state index is -1.51. The van der Waals surface area contributed by atoms with Crippen molar-refractivity contribution >= 4 is 30.0 Å². The molecule has 31 heavy (non-hydrogen) atoms. The highest BCUT2D eigenvalue weighted by Gasteiger charge is 2.20. The number of carboxylic acid groups (broad SMARTS) is 1. The minimum Gasteiger partial charge on any atom is -0.504 e. The Kier molecular flexibility index (Phi) is 7.62. The van der Waals surface area contributed by atoms with Crippen LogP contribution in [0, 0.1) is 0 Å². The van der Waals surface area contributed by atoms with Crippen LogP contribution in [0.15, 0.2) is 48.6 Å². The first-order chi connectivity index (χ1) is 14.7. The first kappa shape index (κ1) is 22.8. The van der Waals surface area contributed by atoms with Crippen LogP contribution in [-0.4, -0.2) is 56.0 Å². The third kappa shape index (κ3) is 7.13. The molecule has 2 aromatic carbocycles. The number of ether oxygens (including phenoxy) is 1. The Morgan fingerprint density at radius 3 is 1.84 bits per heavy atom. The van der Waals surface area contributed by atoms with Gasteiger partial charge in [-0.1, -0.05) is 12.1 Å². The molecule has 2 rings (SSSR count). The van der Waals surface area contributed by atoms with Crippen molar-refractivity contribution in [2.75, 3.05) is 6.61 Å². The van der Waals surface area contributed by atoms with Crippen LogP contribution in [0.1, 0.15) is 11.1 Å². The molecule has 0 bridgehead atoms. The Morgan fingerprint density at radius 1 is 0.839 bits per heavy atom. The zero-order valence-corrected chi connectivity index (χ0v) is 15.9. The lowest BCUT2D eigenvalue weighted by atomic mass is 10.2. The van der Waals surface area contributed by atoms with E-state index in [1.807, 2.05) is 0 Å². The van der Waals surface area contributed by atoms with Gasteiger partial charge in [0.25, 0.3) is 0 Å². The van der Waals surface area contributed by atoms with Gasteiger partial charge in [-0.15, -0.1) is 0 Å². The van der Waals surface area contributed by atoms with Gasteiger partial charge in [0, 0.05) is 12.2 Å². The van der Waals surface area contributed by atoms with Gasteiger partial charge in [0.05, 0.1) is 0 Å². The minimum absolute atomic E-state index is 0.323. The number of esters is 1. The third-order valence-corrected chi connectivity index (χ3v) is 3.84. The molecule has 2 aromatic rings. The summed E-state index contributed by atoms with van der Waals surface area (Å²) in [6.45, 7) is -0.640. The number of carbonyl (C=O) groups excluding carboxylic acids is 2. The monoisotopic (exact) mass is 429 g/mol. The molecular formula is C21H19NO9. The summed E-state index contributed by atoms with van der Waals surface area (Å²) >= 11 is 0. The number of phenols is 4. The zero-order valence-electron chi connectivity index (χ0n) is 15.9. The van der Waals surface area contributed by atoms with Crippen LogP contribution in [0.5, 0.6) is 23.0 Å². The topological polar surface area (TPSA) is 174 Å². The van der Waals surface area contributed by atoms with Crippen molar-refractivity contribution < 1.29 is 44.7 Å². The quantitative estimate of drug-likeness (QED) is 0.206. The van der Waals surface area contributed by atoms with Crippen LogP contribution >= 0.6 is 0 Å². The fraction of sp³-hybridized carbons (Fsp3) is 0.0952. The van der Waals surface area contributed by atoms with Crippen molar-refractivity contribution in [2.24, 2.45) is 0 Å². The van der Waals surface area contributed by atoms with Crippen molar-refractivity contribution in [3.63, 3.8) is 0 Å². The number of carboxylic acids is 1. The molecule has 0 aliphatic carbocycles. The summed E-state index contributed by atoms with van der Waals surface area (Å²) in [5.74, 6) is -4.51. The number of aromatic hydroxyl groups is 4. The van der Waals surface area contributed by atoms with E-state index in [4.69, 9.17) is 4.74 Å². The molecule has 0 fully saturated rings. The van der Waals surface area contributed by atoms with Gasteiger partial charge >= 0.3 is 11.9 Å². The molecule has 0 saturated heterocycles. The number of nitrogens with one attached hydrogen (secondary N) is 1. The Hall–Kier alpha value is -4.47. The number of phenolic OH excluding ortho intramolecular Hbond substituents is 4. The summed E-state index contributed by atoms with van der Waals surface area (Å²) in [6, 6.07) is 6.20. The molecule has 0 radical (unpaired) electrons. The molecule has 0 heterocycles. The smallest absolute Gasteiger partial charge is 0.330 e. The number of rotatable bonds is 8. The molecule has 0 aromatic heterocycles. The molecule has 0 aliphatic heterocycles. The summed E-state index contributed by atoms with van der Waals surface area (Å²) < 4.78 is 4.82. The van der Waals surface area contributed by atoms with Crippen molar-refractivity contribution in [1.29, 1.82) is 0 Å².